The fourth-order valence-corrected chi connectivity index (χ4v) is 7.14. The van der Waals surface area contributed by atoms with E-state index in [1.807, 2.05) is 0 Å². The molecule has 2 heteroatoms. The van der Waals surface area contributed by atoms with E-state index in [1.54, 1.807) is 0 Å². The number of hydrogen-bond acceptors (Lipinski definition) is 2. The van der Waals surface area contributed by atoms with Crippen LogP contribution in [0.5, 0.6) is 0 Å². The zero-order valence-electron chi connectivity index (χ0n) is 13.8. The molecule has 0 heterocycles. The minimum Gasteiger partial charge on any atom is -0.411 e. The molecule has 0 unspecified atom stereocenters. The van der Waals surface area contributed by atoms with Gasteiger partial charge in [0.15, 0.2) is 0 Å². The van der Waals surface area contributed by atoms with Crippen LogP contribution in [0.2, 0.25) is 0 Å². The highest BCUT2D eigenvalue weighted by molar-refractivity contribution is 5.85. The van der Waals surface area contributed by atoms with Gasteiger partial charge in [-0.05, 0) is 92.3 Å². The van der Waals surface area contributed by atoms with Crippen LogP contribution in [0.15, 0.2) is 5.16 Å². The molecule has 4 saturated carbocycles. The van der Waals surface area contributed by atoms with Gasteiger partial charge in [0, 0.05) is 0 Å². The summed E-state index contributed by atoms with van der Waals surface area (Å²) in [5.41, 5.74) is 2.27. The van der Waals surface area contributed by atoms with E-state index in [0.29, 0.717) is 10.8 Å². The Balaban J connectivity index is 1.61. The van der Waals surface area contributed by atoms with Crippen LogP contribution in [0.4, 0.5) is 0 Å². The van der Waals surface area contributed by atoms with Crippen molar-refractivity contribution in [3.8, 4) is 0 Å². The molecule has 0 aromatic heterocycles. The molecular weight excluding hydrogens is 258 g/mol. The molecule has 4 fully saturated rings. The first-order valence-corrected chi connectivity index (χ1v) is 9.27. The van der Waals surface area contributed by atoms with E-state index in [4.69, 9.17) is 5.21 Å². The Morgan fingerprint density at radius 2 is 1.86 bits per heavy atom. The minimum absolute atomic E-state index is 0.529. The first-order valence-electron chi connectivity index (χ1n) is 9.27. The minimum atomic E-state index is 0.529. The van der Waals surface area contributed by atoms with Crippen molar-refractivity contribution in [2.45, 2.75) is 78.1 Å². The lowest BCUT2D eigenvalue weighted by molar-refractivity contribution is -0.0921. The molecule has 6 atom stereocenters. The summed E-state index contributed by atoms with van der Waals surface area (Å²) in [5, 5.41) is 12.7. The third-order valence-electron chi connectivity index (χ3n) is 8.42. The van der Waals surface area contributed by atoms with Gasteiger partial charge >= 0.3 is 0 Å². The van der Waals surface area contributed by atoms with Crippen molar-refractivity contribution in [3.63, 3.8) is 0 Å². The highest BCUT2D eigenvalue weighted by atomic mass is 16.4. The molecule has 0 aromatic rings. The van der Waals surface area contributed by atoms with Gasteiger partial charge in [0.1, 0.15) is 0 Å². The number of fused-ring (bicyclic) bond motifs is 5. The van der Waals surface area contributed by atoms with Crippen LogP contribution in [-0.2, 0) is 0 Å². The highest BCUT2D eigenvalue weighted by Crippen LogP contribution is 2.65. The first-order chi connectivity index (χ1) is 10.1. The lowest BCUT2D eigenvalue weighted by atomic mass is 9.45. The third-order valence-corrected chi connectivity index (χ3v) is 8.42. The maximum atomic E-state index is 9.14. The van der Waals surface area contributed by atoms with Crippen LogP contribution < -0.4 is 0 Å². The standard InChI is InChI=1S/C19H31NO/c1-18-9-3-4-16(18)15-6-5-13-12-14(20-21)7-11-19(13,2)17(15)8-10-18/h13,15-17,21H,3-12H2,1-2H3/b20-14-/t13-,15-,16-,17-,18-,19+/m1/s1. The van der Waals surface area contributed by atoms with Gasteiger partial charge in [0.25, 0.3) is 0 Å². The van der Waals surface area contributed by atoms with Crippen molar-refractivity contribution in [1.29, 1.82) is 0 Å². The fraction of sp³-hybridized carbons (Fsp3) is 0.947. The second kappa shape index (κ2) is 4.73. The zero-order chi connectivity index (χ0) is 14.7. The molecule has 0 saturated heterocycles. The number of rotatable bonds is 0. The van der Waals surface area contributed by atoms with E-state index in [9.17, 15) is 0 Å². The van der Waals surface area contributed by atoms with Crippen LogP contribution in [-0.4, -0.2) is 10.9 Å². The summed E-state index contributed by atoms with van der Waals surface area (Å²) in [6.07, 6.45) is 13.6. The monoisotopic (exact) mass is 289 g/mol. The molecule has 0 spiro atoms. The summed E-state index contributed by atoms with van der Waals surface area (Å²) < 4.78 is 0. The second-order valence-electron chi connectivity index (χ2n) is 9.11. The van der Waals surface area contributed by atoms with Crippen molar-refractivity contribution in [3.05, 3.63) is 0 Å². The van der Waals surface area contributed by atoms with Gasteiger partial charge in [-0.1, -0.05) is 25.4 Å². The molecule has 4 aliphatic rings. The molecule has 2 nitrogen and oxygen atoms in total. The number of hydrogen-bond donors (Lipinski definition) is 1. The topological polar surface area (TPSA) is 32.6 Å². The summed E-state index contributed by atoms with van der Waals surface area (Å²) in [5.74, 6) is 3.75. The largest absolute Gasteiger partial charge is 0.411 e. The Kier molecular flexibility index (Phi) is 3.17. The Morgan fingerprint density at radius 3 is 2.67 bits per heavy atom. The molecule has 118 valence electrons. The van der Waals surface area contributed by atoms with Gasteiger partial charge in [-0.2, -0.15) is 0 Å². The van der Waals surface area contributed by atoms with E-state index in [1.165, 1.54) is 51.4 Å². The second-order valence-corrected chi connectivity index (χ2v) is 9.11. The molecule has 21 heavy (non-hydrogen) atoms. The molecule has 0 aromatic carbocycles. The van der Waals surface area contributed by atoms with E-state index in [0.717, 1.165) is 42.2 Å². The molecule has 1 N–H and O–H groups in total. The molecule has 0 radical (unpaired) electrons. The maximum Gasteiger partial charge on any atom is 0.0574 e. The van der Waals surface area contributed by atoms with Gasteiger partial charge < -0.3 is 5.21 Å². The summed E-state index contributed by atoms with van der Waals surface area (Å²) in [6.45, 7) is 5.17. The van der Waals surface area contributed by atoms with Crippen LogP contribution in [0, 0.1) is 34.5 Å². The van der Waals surface area contributed by atoms with Gasteiger partial charge in [-0.3, -0.25) is 0 Å². The molecule has 4 rings (SSSR count). The summed E-state index contributed by atoms with van der Waals surface area (Å²) in [6, 6.07) is 0. The smallest absolute Gasteiger partial charge is 0.0574 e. The summed E-state index contributed by atoms with van der Waals surface area (Å²) >= 11 is 0. The molecule has 0 bridgehead atoms. The Morgan fingerprint density at radius 1 is 1.00 bits per heavy atom. The van der Waals surface area contributed by atoms with Crippen LogP contribution >= 0.6 is 0 Å². The van der Waals surface area contributed by atoms with Crippen molar-refractivity contribution in [1.82, 2.24) is 0 Å². The Labute approximate surface area is 129 Å². The van der Waals surface area contributed by atoms with Gasteiger partial charge in [0.05, 0.1) is 5.71 Å². The quantitative estimate of drug-likeness (QED) is 0.479. The van der Waals surface area contributed by atoms with Crippen molar-refractivity contribution in [2.24, 2.45) is 39.7 Å². The fourth-order valence-electron chi connectivity index (χ4n) is 7.14. The highest BCUT2D eigenvalue weighted by Gasteiger charge is 2.57. The molecule has 0 amide bonds. The summed E-state index contributed by atoms with van der Waals surface area (Å²) in [7, 11) is 0. The van der Waals surface area contributed by atoms with E-state index >= 15 is 0 Å². The Hall–Kier alpha value is -0.530. The lowest BCUT2D eigenvalue weighted by Crippen LogP contribution is -2.52. The SMILES string of the molecule is C[C@]12CCC[C@@H]1[C@H]1CC[C@@H]3C/C(=N\O)CC[C@]3(C)[C@@H]1CC2. The van der Waals surface area contributed by atoms with Gasteiger partial charge in [-0.25, -0.2) is 0 Å². The average Bonchev–Trinajstić information content (AvgIpc) is 2.88. The normalized spacial score (nSPS) is 54.9. The predicted octanol–water partition coefficient (Wildman–Crippen LogP) is 5.25. The molecule has 0 aliphatic heterocycles. The van der Waals surface area contributed by atoms with E-state index < -0.39 is 0 Å². The van der Waals surface area contributed by atoms with Crippen LogP contribution in [0.25, 0.3) is 0 Å². The molecular formula is C19H31NO. The Bertz CT molecular complexity index is 458. The van der Waals surface area contributed by atoms with Gasteiger partial charge in [0.2, 0.25) is 0 Å². The predicted molar refractivity (Wildman–Crippen MR) is 85.6 cm³/mol. The average molecular weight is 289 g/mol. The van der Waals surface area contributed by atoms with Crippen molar-refractivity contribution in [2.75, 3.05) is 0 Å². The van der Waals surface area contributed by atoms with Crippen LogP contribution in [0.3, 0.4) is 0 Å². The maximum absolute atomic E-state index is 9.14. The first kappa shape index (κ1) is 14.1. The van der Waals surface area contributed by atoms with Crippen molar-refractivity contribution < 1.29 is 5.21 Å². The summed E-state index contributed by atoms with van der Waals surface area (Å²) in [4.78, 5) is 0. The van der Waals surface area contributed by atoms with E-state index in [2.05, 4.69) is 19.0 Å². The third kappa shape index (κ3) is 1.93. The zero-order valence-corrected chi connectivity index (χ0v) is 13.8. The molecule has 4 aliphatic carbocycles. The van der Waals surface area contributed by atoms with Gasteiger partial charge in [-0.15, -0.1) is 0 Å². The lowest BCUT2D eigenvalue weighted by Gasteiger charge is -2.60. The number of oxime groups is 1. The number of nitrogens with zero attached hydrogens (tertiary/aromatic N) is 1. The van der Waals surface area contributed by atoms with Crippen molar-refractivity contribution >= 4 is 5.71 Å². The van der Waals surface area contributed by atoms with Crippen LogP contribution in [0.1, 0.15) is 78.1 Å². The van der Waals surface area contributed by atoms with E-state index in [-0.39, 0.29) is 0 Å².